The molecule has 21 heavy (non-hydrogen) atoms. The molecule has 0 bridgehead atoms. The summed E-state index contributed by atoms with van der Waals surface area (Å²) in [5.74, 6) is -0.595. The Morgan fingerprint density at radius 1 is 1.33 bits per heavy atom. The van der Waals surface area contributed by atoms with Gasteiger partial charge >= 0.3 is 12.0 Å². The van der Waals surface area contributed by atoms with E-state index >= 15 is 0 Å². The highest BCUT2D eigenvalue weighted by molar-refractivity contribution is 9.10. The maximum atomic E-state index is 12.2. The van der Waals surface area contributed by atoms with Gasteiger partial charge < -0.3 is 15.3 Å². The van der Waals surface area contributed by atoms with Crippen molar-refractivity contribution in [2.45, 2.75) is 33.2 Å². The molecule has 0 saturated heterocycles. The third-order valence-corrected chi connectivity index (χ3v) is 3.74. The Balaban J connectivity index is 2.86. The molecule has 1 aromatic carbocycles. The van der Waals surface area contributed by atoms with Gasteiger partial charge in [0.05, 0.1) is 11.3 Å². The van der Waals surface area contributed by atoms with Crippen molar-refractivity contribution in [2.75, 3.05) is 12.4 Å². The van der Waals surface area contributed by atoms with E-state index in [0.29, 0.717) is 16.1 Å². The maximum Gasteiger partial charge on any atom is 0.337 e. The Morgan fingerprint density at radius 3 is 2.48 bits per heavy atom. The highest BCUT2D eigenvalue weighted by atomic mass is 79.9. The average molecular weight is 357 g/mol. The van der Waals surface area contributed by atoms with Crippen molar-refractivity contribution in [3.05, 3.63) is 28.2 Å². The summed E-state index contributed by atoms with van der Waals surface area (Å²) in [5.41, 5.74) is 0.349. The fraction of sp³-hybridized carbons (Fsp3) is 0.467. The Hall–Kier alpha value is -1.56. The molecule has 0 saturated carbocycles. The van der Waals surface area contributed by atoms with Gasteiger partial charge in [0.1, 0.15) is 0 Å². The second kappa shape index (κ2) is 7.45. The molecule has 2 amide bonds. The first kappa shape index (κ1) is 17.5. The van der Waals surface area contributed by atoms with Crippen LogP contribution in [0, 0.1) is 5.92 Å². The van der Waals surface area contributed by atoms with Gasteiger partial charge in [-0.15, -0.1) is 0 Å². The minimum atomic E-state index is -1.08. The van der Waals surface area contributed by atoms with Gasteiger partial charge in [0, 0.05) is 17.6 Å². The summed E-state index contributed by atoms with van der Waals surface area (Å²) in [6.07, 6.45) is 0.885. The first-order valence-electron chi connectivity index (χ1n) is 6.79. The van der Waals surface area contributed by atoms with Gasteiger partial charge in [-0.2, -0.15) is 0 Å². The van der Waals surface area contributed by atoms with E-state index in [1.54, 1.807) is 24.1 Å². The summed E-state index contributed by atoms with van der Waals surface area (Å²) in [7, 11) is 1.71. The molecule has 0 heterocycles. The Kier molecular flexibility index (Phi) is 6.20. The number of carboxylic acids is 1. The van der Waals surface area contributed by atoms with Crippen molar-refractivity contribution in [3.8, 4) is 0 Å². The number of benzene rings is 1. The molecule has 6 heteroatoms. The molecule has 1 unspecified atom stereocenters. The molecule has 5 nitrogen and oxygen atoms in total. The van der Waals surface area contributed by atoms with Crippen LogP contribution in [0.3, 0.4) is 0 Å². The predicted octanol–water partition coefficient (Wildman–Crippen LogP) is 4.05. The highest BCUT2D eigenvalue weighted by Crippen LogP contribution is 2.22. The van der Waals surface area contributed by atoms with Crippen LogP contribution in [0.4, 0.5) is 10.5 Å². The van der Waals surface area contributed by atoms with Crippen LogP contribution in [0.15, 0.2) is 22.7 Å². The number of nitrogens with zero attached hydrogens (tertiary/aromatic N) is 1. The molecule has 1 atom stereocenters. The second-order valence-electron chi connectivity index (χ2n) is 5.51. The zero-order chi connectivity index (χ0) is 16.2. The van der Waals surface area contributed by atoms with Crippen LogP contribution in [-0.4, -0.2) is 35.1 Å². The predicted molar refractivity (Wildman–Crippen MR) is 86.8 cm³/mol. The van der Waals surface area contributed by atoms with E-state index in [0.717, 1.165) is 6.42 Å². The number of carbonyl (C=O) groups excluding carboxylic acids is 1. The quantitative estimate of drug-likeness (QED) is 0.835. The van der Waals surface area contributed by atoms with Crippen molar-refractivity contribution >= 4 is 33.6 Å². The van der Waals surface area contributed by atoms with E-state index < -0.39 is 5.97 Å². The number of halogens is 1. The van der Waals surface area contributed by atoms with Gasteiger partial charge in [-0.25, -0.2) is 9.59 Å². The van der Waals surface area contributed by atoms with Gasteiger partial charge in [0.2, 0.25) is 0 Å². The van der Waals surface area contributed by atoms with E-state index in [-0.39, 0.29) is 17.6 Å². The van der Waals surface area contributed by atoms with Crippen LogP contribution in [0.5, 0.6) is 0 Å². The third-order valence-electron chi connectivity index (χ3n) is 3.25. The largest absolute Gasteiger partial charge is 0.478 e. The first-order valence-corrected chi connectivity index (χ1v) is 7.58. The van der Waals surface area contributed by atoms with Crippen LogP contribution >= 0.6 is 15.9 Å². The van der Waals surface area contributed by atoms with Gasteiger partial charge in [-0.3, -0.25) is 0 Å². The lowest BCUT2D eigenvalue weighted by Gasteiger charge is -2.26. The number of hydrogen-bond acceptors (Lipinski definition) is 2. The summed E-state index contributed by atoms with van der Waals surface area (Å²) in [5, 5.41) is 11.8. The number of anilines is 1. The van der Waals surface area contributed by atoms with E-state index in [1.807, 2.05) is 6.92 Å². The lowest BCUT2D eigenvalue weighted by Crippen LogP contribution is -2.39. The van der Waals surface area contributed by atoms with Crippen molar-refractivity contribution in [3.63, 3.8) is 0 Å². The number of hydrogen-bond donors (Lipinski definition) is 2. The fourth-order valence-electron chi connectivity index (χ4n) is 2.05. The van der Waals surface area contributed by atoms with E-state index in [1.165, 1.54) is 6.07 Å². The number of urea groups is 1. The van der Waals surface area contributed by atoms with Crippen molar-refractivity contribution < 1.29 is 14.7 Å². The zero-order valence-electron chi connectivity index (χ0n) is 12.7. The average Bonchev–Trinajstić information content (AvgIpc) is 2.38. The normalized spacial score (nSPS) is 12.1. The first-order chi connectivity index (χ1) is 9.72. The minimum absolute atomic E-state index is 0.0580. The molecule has 0 aliphatic rings. The number of amides is 2. The molecule has 0 radical (unpaired) electrons. The van der Waals surface area contributed by atoms with Gasteiger partial charge in [-0.1, -0.05) is 29.8 Å². The Labute approximate surface area is 133 Å². The summed E-state index contributed by atoms with van der Waals surface area (Å²) >= 11 is 3.22. The molecular weight excluding hydrogens is 336 g/mol. The molecule has 1 aromatic rings. The van der Waals surface area contributed by atoms with Crippen LogP contribution in [0.1, 0.15) is 37.6 Å². The third kappa shape index (κ3) is 5.04. The van der Waals surface area contributed by atoms with Crippen molar-refractivity contribution in [1.29, 1.82) is 0 Å². The summed E-state index contributed by atoms with van der Waals surface area (Å²) in [4.78, 5) is 25.0. The summed E-state index contributed by atoms with van der Waals surface area (Å²) < 4.78 is 0.652. The lowest BCUT2D eigenvalue weighted by atomic mass is 10.0. The van der Waals surface area contributed by atoms with E-state index in [9.17, 15) is 14.7 Å². The highest BCUT2D eigenvalue weighted by Gasteiger charge is 2.19. The lowest BCUT2D eigenvalue weighted by molar-refractivity contribution is 0.0698. The smallest absolute Gasteiger partial charge is 0.337 e. The van der Waals surface area contributed by atoms with Gasteiger partial charge in [0.15, 0.2) is 0 Å². The molecule has 2 N–H and O–H groups in total. The number of nitrogens with one attached hydrogen (secondary N) is 1. The van der Waals surface area contributed by atoms with Gasteiger partial charge in [-0.05, 0) is 37.5 Å². The topological polar surface area (TPSA) is 69.6 Å². The molecule has 1 rings (SSSR count). The standard InChI is InChI=1S/C15H21BrN2O3/c1-9(2)7-10(3)18(4)15(21)17-13-6-5-11(16)8-12(13)14(19)20/h5-6,8-10H,7H2,1-4H3,(H,17,21)(H,19,20). The van der Waals surface area contributed by atoms with E-state index in [2.05, 4.69) is 35.1 Å². The van der Waals surface area contributed by atoms with Gasteiger partial charge in [0.25, 0.3) is 0 Å². The maximum absolute atomic E-state index is 12.2. The zero-order valence-corrected chi connectivity index (χ0v) is 14.3. The Bertz CT molecular complexity index is 532. The molecular formula is C15H21BrN2O3. The van der Waals surface area contributed by atoms with Crippen LogP contribution in [-0.2, 0) is 0 Å². The fourth-order valence-corrected chi connectivity index (χ4v) is 2.41. The number of carbonyl (C=O) groups is 2. The molecule has 0 aromatic heterocycles. The monoisotopic (exact) mass is 356 g/mol. The summed E-state index contributed by atoms with van der Waals surface area (Å²) in [6, 6.07) is 4.50. The molecule has 0 aliphatic heterocycles. The van der Waals surface area contributed by atoms with Crippen LogP contribution < -0.4 is 5.32 Å². The number of carboxylic acid groups (broad SMARTS) is 1. The Morgan fingerprint density at radius 2 is 1.95 bits per heavy atom. The number of aromatic carboxylic acids is 1. The van der Waals surface area contributed by atoms with E-state index in [4.69, 9.17) is 0 Å². The number of rotatable bonds is 5. The molecule has 0 aliphatic carbocycles. The molecule has 0 spiro atoms. The van der Waals surface area contributed by atoms with Crippen LogP contribution in [0.2, 0.25) is 0 Å². The molecule has 0 fully saturated rings. The van der Waals surface area contributed by atoms with Crippen molar-refractivity contribution in [1.82, 2.24) is 4.90 Å². The van der Waals surface area contributed by atoms with Crippen LogP contribution in [0.25, 0.3) is 0 Å². The van der Waals surface area contributed by atoms with Crippen molar-refractivity contribution in [2.24, 2.45) is 5.92 Å². The minimum Gasteiger partial charge on any atom is -0.478 e. The SMILES string of the molecule is CC(C)CC(C)N(C)C(=O)Nc1ccc(Br)cc1C(=O)O. The molecule has 116 valence electrons. The second-order valence-corrected chi connectivity index (χ2v) is 6.43. The summed E-state index contributed by atoms with van der Waals surface area (Å²) in [6.45, 7) is 6.16.